The van der Waals surface area contributed by atoms with Gasteiger partial charge in [-0.05, 0) is 50.1 Å². The highest BCUT2D eigenvalue weighted by Gasteiger charge is 2.08. The van der Waals surface area contributed by atoms with Gasteiger partial charge >= 0.3 is 0 Å². The third kappa shape index (κ3) is 3.34. The molecule has 2 aromatic carbocycles. The third-order valence-corrected chi connectivity index (χ3v) is 3.71. The van der Waals surface area contributed by atoms with E-state index in [1.807, 2.05) is 18.2 Å². The summed E-state index contributed by atoms with van der Waals surface area (Å²) in [5.41, 5.74) is 4.61. The van der Waals surface area contributed by atoms with Crippen molar-refractivity contribution in [2.45, 2.75) is 27.4 Å². The molecule has 0 atom stereocenters. The molecule has 0 bridgehead atoms. The van der Waals surface area contributed by atoms with Crippen LogP contribution in [0.25, 0.3) is 0 Å². The summed E-state index contributed by atoms with van der Waals surface area (Å²) >= 11 is 3.48. The van der Waals surface area contributed by atoms with Gasteiger partial charge in [0.15, 0.2) is 0 Å². The number of aryl methyl sites for hydroxylation is 3. The first-order valence-corrected chi connectivity index (χ1v) is 7.33. The molecule has 0 N–H and O–H groups in total. The van der Waals surface area contributed by atoms with E-state index in [0.717, 1.165) is 32.7 Å². The molecule has 0 spiro atoms. The summed E-state index contributed by atoms with van der Waals surface area (Å²) in [4.78, 5) is 0. The van der Waals surface area contributed by atoms with Gasteiger partial charge < -0.3 is 9.47 Å². The van der Waals surface area contributed by atoms with E-state index in [1.54, 1.807) is 7.11 Å². The van der Waals surface area contributed by atoms with E-state index in [0.29, 0.717) is 6.61 Å². The van der Waals surface area contributed by atoms with E-state index in [-0.39, 0.29) is 0 Å². The molecule has 2 rings (SSSR count). The molecule has 20 heavy (non-hydrogen) atoms. The highest BCUT2D eigenvalue weighted by atomic mass is 79.9. The molecule has 0 radical (unpaired) electrons. The van der Waals surface area contributed by atoms with Gasteiger partial charge in [-0.3, -0.25) is 0 Å². The number of methoxy groups -OCH3 is 1. The van der Waals surface area contributed by atoms with Crippen LogP contribution in [-0.2, 0) is 6.61 Å². The Morgan fingerprint density at radius 1 is 1.00 bits per heavy atom. The molecule has 0 aliphatic heterocycles. The summed E-state index contributed by atoms with van der Waals surface area (Å²) in [5, 5.41) is 0. The first kappa shape index (κ1) is 14.9. The fraction of sp³-hybridized carbons (Fsp3) is 0.294. The monoisotopic (exact) mass is 334 g/mol. The predicted octanol–water partition coefficient (Wildman–Crippen LogP) is 4.96. The van der Waals surface area contributed by atoms with Gasteiger partial charge in [-0.25, -0.2) is 0 Å². The van der Waals surface area contributed by atoms with Gasteiger partial charge in [0.2, 0.25) is 0 Å². The van der Waals surface area contributed by atoms with Crippen LogP contribution in [0.4, 0.5) is 0 Å². The lowest BCUT2D eigenvalue weighted by atomic mass is 10.1. The fourth-order valence-electron chi connectivity index (χ4n) is 2.40. The van der Waals surface area contributed by atoms with Crippen LogP contribution in [0, 0.1) is 20.8 Å². The summed E-state index contributed by atoms with van der Waals surface area (Å²) in [6.45, 7) is 6.75. The van der Waals surface area contributed by atoms with Crippen molar-refractivity contribution in [1.29, 1.82) is 0 Å². The zero-order valence-corrected chi connectivity index (χ0v) is 13.9. The summed E-state index contributed by atoms with van der Waals surface area (Å²) in [7, 11) is 1.68. The lowest BCUT2D eigenvalue weighted by Crippen LogP contribution is -2.01. The first-order valence-electron chi connectivity index (χ1n) is 6.54. The van der Waals surface area contributed by atoms with Crippen LogP contribution in [0.5, 0.6) is 11.5 Å². The van der Waals surface area contributed by atoms with Gasteiger partial charge in [-0.15, -0.1) is 0 Å². The molecule has 0 saturated carbocycles. The standard InChI is InChI=1S/C17H19BrO2/c1-11-7-12(2)17(13(3)8-11)20-10-14-9-15(18)5-6-16(14)19-4/h5-9H,10H2,1-4H3. The second-order valence-corrected chi connectivity index (χ2v) is 5.89. The molecule has 0 saturated heterocycles. The summed E-state index contributed by atoms with van der Waals surface area (Å²) in [6, 6.07) is 10.2. The molecular weight excluding hydrogens is 316 g/mol. The van der Waals surface area contributed by atoms with Gasteiger partial charge in [-0.2, -0.15) is 0 Å². The highest BCUT2D eigenvalue weighted by Crippen LogP contribution is 2.28. The quantitative estimate of drug-likeness (QED) is 0.786. The Morgan fingerprint density at radius 3 is 2.25 bits per heavy atom. The first-order chi connectivity index (χ1) is 9.51. The van der Waals surface area contributed by atoms with E-state index < -0.39 is 0 Å². The van der Waals surface area contributed by atoms with Gasteiger partial charge in [0.1, 0.15) is 18.1 Å². The fourth-order valence-corrected chi connectivity index (χ4v) is 2.81. The van der Waals surface area contributed by atoms with E-state index >= 15 is 0 Å². The molecule has 0 aliphatic carbocycles. The maximum atomic E-state index is 6.01. The average molecular weight is 335 g/mol. The molecule has 2 nitrogen and oxygen atoms in total. The zero-order valence-electron chi connectivity index (χ0n) is 12.3. The van der Waals surface area contributed by atoms with Crippen molar-refractivity contribution in [2.75, 3.05) is 7.11 Å². The highest BCUT2D eigenvalue weighted by molar-refractivity contribution is 9.10. The molecule has 0 aliphatic rings. The van der Waals surface area contributed by atoms with Gasteiger partial charge in [0.25, 0.3) is 0 Å². The zero-order chi connectivity index (χ0) is 14.7. The smallest absolute Gasteiger partial charge is 0.125 e. The Morgan fingerprint density at radius 2 is 1.65 bits per heavy atom. The topological polar surface area (TPSA) is 18.5 Å². The normalized spacial score (nSPS) is 10.4. The van der Waals surface area contributed by atoms with Gasteiger partial charge in [0.05, 0.1) is 7.11 Å². The third-order valence-electron chi connectivity index (χ3n) is 3.22. The molecule has 0 aromatic heterocycles. The van der Waals surface area contributed by atoms with E-state index in [1.165, 1.54) is 5.56 Å². The summed E-state index contributed by atoms with van der Waals surface area (Å²) in [6.07, 6.45) is 0. The maximum Gasteiger partial charge on any atom is 0.125 e. The van der Waals surface area contributed by atoms with Crippen LogP contribution in [0.3, 0.4) is 0 Å². The van der Waals surface area contributed by atoms with Crippen LogP contribution in [0.2, 0.25) is 0 Å². The minimum Gasteiger partial charge on any atom is -0.496 e. The van der Waals surface area contributed by atoms with Crippen LogP contribution in [0.15, 0.2) is 34.8 Å². The van der Waals surface area contributed by atoms with Crippen LogP contribution in [-0.4, -0.2) is 7.11 Å². The largest absolute Gasteiger partial charge is 0.496 e. The van der Waals surface area contributed by atoms with Crippen molar-refractivity contribution in [1.82, 2.24) is 0 Å². The SMILES string of the molecule is COc1ccc(Br)cc1COc1c(C)cc(C)cc1C. The molecule has 3 heteroatoms. The maximum absolute atomic E-state index is 6.01. The molecule has 0 amide bonds. The van der Waals surface area contributed by atoms with Crippen molar-refractivity contribution in [3.63, 3.8) is 0 Å². The average Bonchev–Trinajstić information content (AvgIpc) is 2.37. The minimum absolute atomic E-state index is 0.493. The number of benzene rings is 2. The second-order valence-electron chi connectivity index (χ2n) is 4.97. The molecule has 2 aromatic rings. The Balaban J connectivity index is 2.23. The Bertz CT molecular complexity index is 597. The Labute approximate surface area is 128 Å². The van der Waals surface area contributed by atoms with Crippen molar-refractivity contribution in [3.05, 3.63) is 57.1 Å². The van der Waals surface area contributed by atoms with Crippen LogP contribution in [0.1, 0.15) is 22.3 Å². The number of hydrogen-bond acceptors (Lipinski definition) is 2. The number of rotatable bonds is 4. The lowest BCUT2D eigenvalue weighted by molar-refractivity contribution is 0.293. The summed E-state index contributed by atoms with van der Waals surface area (Å²) in [5.74, 6) is 1.80. The Kier molecular flexibility index (Phi) is 4.71. The predicted molar refractivity (Wildman–Crippen MR) is 85.7 cm³/mol. The van der Waals surface area contributed by atoms with Crippen molar-refractivity contribution >= 4 is 15.9 Å². The second kappa shape index (κ2) is 6.31. The molecule has 0 fully saturated rings. The van der Waals surface area contributed by atoms with Gasteiger partial charge in [0, 0.05) is 10.0 Å². The summed E-state index contributed by atoms with van der Waals surface area (Å²) < 4.78 is 12.4. The molecule has 0 heterocycles. The number of ether oxygens (including phenoxy) is 2. The van der Waals surface area contributed by atoms with Crippen molar-refractivity contribution in [3.8, 4) is 11.5 Å². The van der Waals surface area contributed by atoms with Crippen LogP contribution < -0.4 is 9.47 Å². The molecular formula is C17H19BrO2. The molecule has 0 unspecified atom stereocenters. The van der Waals surface area contributed by atoms with E-state index in [4.69, 9.17) is 9.47 Å². The number of halogens is 1. The van der Waals surface area contributed by atoms with Crippen molar-refractivity contribution < 1.29 is 9.47 Å². The Hall–Kier alpha value is -1.48. The van der Waals surface area contributed by atoms with E-state index in [2.05, 4.69) is 48.8 Å². The van der Waals surface area contributed by atoms with Crippen molar-refractivity contribution in [2.24, 2.45) is 0 Å². The minimum atomic E-state index is 0.493. The van der Waals surface area contributed by atoms with Crippen LogP contribution >= 0.6 is 15.9 Å². The van der Waals surface area contributed by atoms with Gasteiger partial charge in [-0.1, -0.05) is 33.6 Å². The number of hydrogen-bond donors (Lipinski definition) is 0. The molecule has 106 valence electrons. The van der Waals surface area contributed by atoms with E-state index in [9.17, 15) is 0 Å². The lowest BCUT2D eigenvalue weighted by Gasteiger charge is -2.15.